The highest BCUT2D eigenvalue weighted by Crippen LogP contribution is 2.38. The molecule has 6 rings (SSSR count). The van der Waals surface area contributed by atoms with E-state index in [-0.39, 0.29) is 5.41 Å². The molecule has 4 heterocycles. The summed E-state index contributed by atoms with van der Waals surface area (Å²) in [4.78, 5) is 23.6. The number of H-pyrrole nitrogens is 2. The Bertz CT molecular complexity index is 1650. The van der Waals surface area contributed by atoms with Crippen LogP contribution in [0.1, 0.15) is 36.8 Å². The number of methoxy groups -OCH3 is 1. The van der Waals surface area contributed by atoms with E-state index in [1.54, 1.807) is 13.4 Å². The van der Waals surface area contributed by atoms with Crippen molar-refractivity contribution in [3.05, 3.63) is 78.0 Å². The topological polar surface area (TPSA) is 107 Å². The molecular formula is C30H29N7O. The van der Waals surface area contributed by atoms with E-state index in [1.807, 2.05) is 42.5 Å². The highest BCUT2D eigenvalue weighted by molar-refractivity contribution is 5.92. The number of piperidine rings is 1. The summed E-state index contributed by atoms with van der Waals surface area (Å²) in [5.41, 5.74) is 6.47. The Labute approximate surface area is 221 Å². The normalized spacial score (nSPS) is 14.9. The zero-order valence-electron chi connectivity index (χ0n) is 21.7. The number of aryl methyl sites for hydroxylation is 1. The van der Waals surface area contributed by atoms with Gasteiger partial charge in [-0.05, 0) is 55.7 Å². The quantitative estimate of drug-likeness (QED) is 0.316. The molecule has 0 bridgehead atoms. The van der Waals surface area contributed by atoms with Crippen molar-refractivity contribution in [1.82, 2.24) is 24.9 Å². The fourth-order valence-corrected chi connectivity index (χ4v) is 5.31. The van der Waals surface area contributed by atoms with E-state index in [4.69, 9.17) is 15.0 Å². The fraction of sp³-hybridized carbons (Fsp3) is 0.267. The molecule has 3 aromatic heterocycles. The Morgan fingerprint density at radius 3 is 2.53 bits per heavy atom. The number of anilines is 1. The first kappa shape index (κ1) is 23.7. The zero-order chi connectivity index (χ0) is 26.3. The molecule has 38 heavy (non-hydrogen) atoms. The fourth-order valence-electron chi connectivity index (χ4n) is 5.31. The maximum absolute atomic E-state index is 9.10. The molecule has 2 aromatic carbocycles. The van der Waals surface area contributed by atoms with Crippen molar-refractivity contribution in [3.63, 3.8) is 0 Å². The molecule has 1 saturated heterocycles. The summed E-state index contributed by atoms with van der Waals surface area (Å²) in [5.74, 6) is 2.81. The lowest BCUT2D eigenvalue weighted by Gasteiger charge is -2.38. The molecule has 2 N–H and O–H groups in total. The minimum Gasteiger partial charge on any atom is -0.497 e. The number of imidazole rings is 1. The first-order valence-electron chi connectivity index (χ1n) is 12.8. The number of nitrogens with one attached hydrogen (secondary N) is 2. The SMILES string of the molecule is COc1cccc(-c2nc(C3(C)CCN(c4ncnc5[nH]c(-c6ccc(C#N)cc6)cc45)CC3)[nH]c2C)c1. The molecule has 1 fully saturated rings. The minimum absolute atomic E-state index is 0.0592. The van der Waals surface area contributed by atoms with Crippen LogP contribution in [0.4, 0.5) is 5.82 Å². The minimum atomic E-state index is -0.0592. The second kappa shape index (κ2) is 9.34. The van der Waals surface area contributed by atoms with Crippen molar-refractivity contribution in [3.8, 4) is 34.3 Å². The predicted octanol–water partition coefficient (Wildman–Crippen LogP) is 5.76. The molecule has 190 valence electrons. The molecule has 1 aliphatic heterocycles. The average Bonchev–Trinajstić information content (AvgIpc) is 3.58. The Balaban J connectivity index is 1.24. The van der Waals surface area contributed by atoms with Crippen molar-refractivity contribution in [2.24, 2.45) is 0 Å². The van der Waals surface area contributed by atoms with E-state index in [9.17, 15) is 0 Å². The summed E-state index contributed by atoms with van der Waals surface area (Å²) < 4.78 is 5.41. The van der Waals surface area contributed by atoms with Crippen LogP contribution < -0.4 is 9.64 Å². The van der Waals surface area contributed by atoms with Gasteiger partial charge in [0.25, 0.3) is 0 Å². The van der Waals surface area contributed by atoms with E-state index in [1.165, 1.54) is 0 Å². The Morgan fingerprint density at radius 2 is 1.79 bits per heavy atom. The molecule has 0 unspecified atom stereocenters. The summed E-state index contributed by atoms with van der Waals surface area (Å²) >= 11 is 0. The summed E-state index contributed by atoms with van der Waals surface area (Å²) in [7, 11) is 1.68. The van der Waals surface area contributed by atoms with Crippen molar-refractivity contribution in [2.75, 3.05) is 25.1 Å². The number of ether oxygens (including phenoxy) is 1. The van der Waals surface area contributed by atoms with Crippen LogP contribution >= 0.6 is 0 Å². The molecule has 0 radical (unpaired) electrons. The third-order valence-electron chi connectivity index (χ3n) is 7.70. The van der Waals surface area contributed by atoms with Crippen LogP contribution in [0.3, 0.4) is 0 Å². The standard InChI is InChI=1S/C30H29N7O/c1-19-26(22-5-4-6-23(15-22)38-3)36-29(34-19)30(2)11-13-37(14-12-30)28-24-16-25(35-27(24)32-18-33-28)21-9-7-20(17-31)8-10-21/h4-10,15-16,18H,11-14H2,1-3H3,(H,34,36)(H,32,33,35). The number of fused-ring (bicyclic) bond motifs is 1. The molecule has 8 nitrogen and oxygen atoms in total. The van der Waals surface area contributed by atoms with Gasteiger partial charge in [0, 0.05) is 35.5 Å². The third-order valence-corrected chi connectivity index (χ3v) is 7.70. The molecule has 0 amide bonds. The molecule has 0 spiro atoms. The van der Waals surface area contributed by atoms with Crippen LogP contribution in [0.15, 0.2) is 60.9 Å². The lowest BCUT2D eigenvalue weighted by molar-refractivity contribution is 0.345. The lowest BCUT2D eigenvalue weighted by atomic mass is 9.79. The number of nitrogens with zero attached hydrogens (tertiary/aromatic N) is 5. The summed E-state index contributed by atoms with van der Waals surface area (Å²) in [6.45, 7) is 6.12. The Morgan fingerprint density at radius 1 is 1.00 bits per heavy atom. The predicted molar refractivity (Wildman–Crippen MR) is 148 cm³/mol. The van der Waals surface area contributed by atoms with E-state index in [0.717, 1.165) is 82.6 Å². The van der Waals surface area contributed by atoms with Crippen molar-refractivity contribution in [2.45, 2.75) is 32.1 Å². The maximum Gasteiger partial charge on any atom is 0.143 e. The number of hydrogen-bond donors (Lipinski definition) is 2. The number of rotatable bonds is 5. The average molecular weight is 504 g/mol. The molecule has 5 aromatic rings. The van der Waals surface area contributed by atoms with Crippen LogP contribution in [0, 0.1) is 18.3 Å². The molecule has 0 aliphatic carbocycles. The molecule has 1 aliphatic rings. The van der Waals surface area contributed by atoms with Crippen molar-refractivity contribution >= 4 is 16.9 Å². The lowest BCUT2D eigenvalue weighted by Crippen LogP contribution is -2.42. The van der Waals surface area contributed by atoms with Gasteiger partial charge in [-0.15, -0.1) is 0 Å². The number of aromatic nitrogens is 5. The summed E-state index contributed by atoms with van der Waals surface area (Å²) in [6.07, 6.45) is 3.53. The van der Waals surface area contributed by atoms with Gasteiger partial charge in [0.1, 0.15) is 29.4 Å². The Hall–Kier alpha value is -4.64. The monoisotopic (exact) mass is 503 g/mol. The third kappa shape index (κ3) is 4.16. The van der Waals surface area contributed by atoms with Crippen molar-refractivity contribution < 1.29 is 4.74 Å². The first-order valence-corrected chi connectivity index (χ1v) is 12.8. The Kier molecular flexibility index (Phi) is 5.84. The van der Waals surface area contributed by atoms with E-state index in [0.29, 0.717) is 5.56 Å². The zero-order valence-corrected chi connectivity index (χ0v) is 21.7. The molecular weight excluding hydrogens is 474 g/mol. The second-order valence-electron chi connectivity index (χ2n) is 10.2. The molecule has 0 saturated carbocycles. The van der Waals surface area contributed by atoms with Gasteiger partial charge >= 0.3 is 0 Å². The van der Waals surface area contributed by atoms with Crippen LogP contribution in [0.25, 0.3) is 33.5 Å². The van der Waals surface area contributed by atoms with Gasteiger partial charge in [-0.25, -0.2) is 15.0 Å². The summed E-state index contributed by atoms with van der Waals surface area (Å²) in [5, 5.41) is 10.1. The smallest absolute Gasteiger partial charge is 0.143 e. The summed E-state index contributed by atoms with van der Waals surface area (Å²) in [6, 6.07) is 19.9. The number of benzene rings is 2. The van der Waals surface area contributed by atoms with Gasteiger partial charge in [0.05, 0.1) is 29.8 Å². The van der Waals surface area contributed by atoms with Crippen LogP contribution in [0.5, 0.6) is 5.75 Å². The van der Waals surface area contributed by atoms with Gasteiger partial charge in [-0.1, -0.05) is 31.2 Å². The highest BCUT2D eigenvalue weighted by Gasteiger charge is 2.36. The van der Waals surface area contributed by atoms with Gasteiger partial charge < -0.3 is 19.6 Å². The van der Waals surface area contributed by atoms with Gasteiger partial charge in [0.2, 0.25) is 0 Å². The van der Waals surface area contributed by atoms with E-state index < -0.39 is 0 Å². The first-order chi connectivity index (χ1) is 18.5. The van der Waals surface area contributed by atoms with Crippen LogP contribution in [-0.4, -0.2) is 45.1 Å². The number of hydrogen-bond acceptors (Lipinski definition) is 6. The van der Waals surface area contributed by atoms with E-state index >= 15 is 0 Å². The van der Waals surface area contributed by atoms with Gasteiger partial charge in [-0.3, -0.25) is 0 Å². The van der Waals surface area contributed by atoms with Crippen molar-refractivity contribution in [1.29, 1.82) is 5.26 Å². The number of aromatic amines is 2. The molecule has 0 atom stereocenters. The van der Waals surface area contributed by atoms with Gasteiger partial charge in [-0.2, -0.15) is 5.26 Å². The highest BCUT2D eigenvalue weighted by atomic mass is 16.5. The number of nitriles is 1. The van der Waals surface area contributed by atoms with Crippen LogP contribution in [0.2, 0.25) is 0 Å². The van der Waals surface area contributed by atoms with Crippen LogP contribution in [-0.2, 0) is 5.41 Å². The molecule has 8 heteroatoms. The van der Waals surface area contributed by atoms with E-state index in [2.05, 4.69) is 56.9 Å². The maximum atomic E-state index is 9.10. The van der Waals surface area contributed by atoms with Gasteiger partial charge in [0.15, 0.2) is 0 Å². The second-order valence-corrected chi connectivity index (χ2v) is 10.2. The largest absolute Gasteiger partial charge is 0.497 e.